The lowest BCUT2D eigenvalue weighted by atomic mass is 10.0. The number of hydrogen-bond donors (Lipinski definition) is 2. The average Bonchev–Trinajstić information content (AvgIpc) is 2.83. The van der Waals surface area contributed by atoms with Crippen molar-refractivity contribution in [2.75, 3.05) is 6.54 Å². The van der Waals surface area contributed by atoms with E-state index < -0.39 is 0 Å². The van der Waals surface area contributed by atoms with Gasteiger partial charge in [0.1, 0.15) is 5.82 Å². The zero-order chi connectivity index (χ0) is 17.4. The largest absolute Gasteiger partial charge is 0.350 e. The second-order valence-electron chi connectivity index (χ2n) is 5.86. The molecule has 2 aromatic carbocycles. The second-order valence-corrected chi connectivity index (χ2v) is 5.86. The number of halogens is 1. The predicted molar refractivity (Wildman–Crippen MR) is 92.4 cm³/mol. The van der Waals surface area contributed by atoms with E-state index in [0.29, 0.717) is 18.7 Å². The number of aromatic nitrogens is 1. The van der Waals surface area contributed by atoms with E-state index in [0.717, 1.165) is 27.7 Å². The summed E-state index contributed by atoms with van der Waals surface area (Å²) in [6.45, 7) is 1.42. The van der Waals surface area contributed by atoms with Gasteiger partial charge in [-0.15, -0.1) is 0 Å². The first-order valence-corrected chi connectivity index (χ1v) is 7.95. The van der Waals surface area contributed by atoms with Gasteiger partial charge in [0.2, 0.25) is 0 Å². The first-order valence-electron chi connectivity index (χ1n) is 7.95. The van der Waals surface area contributed by atoms with Gasteiger partial charge in [-0.1, -0.05) is 17.4 Å². The van der Waals surface area contributed by atoms with E-state index in [1.54, 1.807) is 12.1 Å². The summed E-state index contributed by atoms with van der Waals surface area (Å²) in [6.07, 6.45) is 0. The van der Waals surface area contributed by atoms with Gasteiger partial charge in [0.05, 0.1) is 23.3 Å². The van der Waals surface area contributed by atoms with Crippen molar-refractivity contribution in [3.63, 3.8) is 0 Å². The molecule has 1 aliphatic rings. The summed E-state index contributed by atoms with van der Waals surface area (Å²) >= 11 is 0. The lowest BCUT2D eigenvalue weighted by Crippen LogP contribution is -2.24. The number of nitrogens with one attached hydrogen (secondary N) is 1. The molecule has 1 aromatic heterocycles. The fraction of sp³-hybridized carbons (Fsp3) is 0.167. The standard InChI is InChI=1S/C18H16FN5O/c19-12-6-4-11(5-7-12)16-15(10-22-23-20)13-2-1-3-14-17(13)24(16)9-8-21-18(14)25/h1-7H,8-10H2,(H2,20,22)(H,21,25). The molecule has 1 aliphatic heterocycles. The lowest BCUT2D eigenvalue weighted by molar-refractivity contribution is 0.0956. The molecule has 0 unspecified atom stereocenters. The zero-order valence-electron chi connectivity index (χ0n) is 13.4. The fourth-order valence-electron chi connectivity index (χ4n) is 3.47. The van der Waals surface area contributed by atoms with Crippen LogP contribution in [-0.4, -0.2) is 17.0 Å². The SMILES string of the molecule is NN=NCc1c(-c2ccc(F)cc2)n2c3c(cccc13)C(=O)NCC2. The molecule has 0 radical (unpaired) electrons. The average molecular weight is 337 g/mol. The molecule has 7 heteroatoms. The molecule has 0 saturated carbocycles. The number of nitrogens with zero attached hydrogens (tertiary/aromatic N) is 3. The van der Waals surface area contributed by atoms with E-state index in [4.69, 9.17) is 5.84 Å². The Morgan fingerprint density at radius 2 is 2.00 bits per heavy atom. The molecule has 6 nitrogen and oxygen atoms in total. The monoisotopic (exact) mass is 337 g/mol. The molecule has 0 aliphatic carbocycles. The molecule has 1 amide bonds. The number of carbonyl (C=O) groups is 1. The minimum atomic E-state index is -0.295. The summed E-state index contributed by atoms with van der Waals surface area (Å²) in [4.78, 5) is 12.4. The van der Waals surface area contributed by atoms with E-state index in [9.17, 15) is 9.18 Å². The highest BCUT2D eigenvalue weighted by Crippen LogP contribution is 2.36. The van der Waals surface area contributed by atoms with E-state index in [1.165, 1.54) is 12.1 Å². The normalized spacial score (nSPS) is 14.0. The van der Waals surface area contributed by atoms with Crippen molar-refractivity contribution in [2.24, 2.45) is 16.2 Å². The van der Waals surface area contributed by atoms with Crippen molar-refractivity contribution in [1.29, 1.82) is 0 Å². The number of rotatable bonds is 3. The van der Waals surface area contributed by atoms with Crippen molar-refractivity contribution in [3.05, 3.63) is 59.4 Å². The van der Waals surface area contributed by atoms with Gasteiger partial charge >= 0.3 is 0 Å². The highest BCUT2D eigenvalue weighted by molar-refractivity contribution is 6.09. The molecule has 126 valence electrons. The number of amides is 1. The number of nitrogens with two attached hydrogens (primary N) is 1. The highest BCUT2D eigenvalue weighted by atomic mass is 19.1. The Labute approximate surface area is 143 Å². The Hall–Kier alpha value is -3.22. The quantitative estimate of drug-likeness (QED) is 0.437. The van der Waals surface area contributed by atoms with Gasteiger partial charge in [-0.25, -0.2) is 4.39 Å². The molecule has 2 heterocycles. The third-order valence-corrected chi connectivity index (χ3v) is 4.48. The van der Waals surface area contributed by atoms with Gasteiger partial charge in [-0.05, 0) is 35.9 Å². The minimum Gasteiger partial charge on any atom is -0.350 e. The van der Waals surface area contributed by atoms with Crippen LogP contribution in [0.25, 0.3) is 22.2 Å². The summed E-state index contributed by atoms with van der Waals surface area (Å²) in [7, 11) is 0. The topological polar surface area (TPSA) is 84.8 Å². The Balaban J connectivity index is 2.08. The zero-order valence-corrected chi connectivity index (χ0v) is 13.4. The molecule has 3 N–H and O–H groups in total. The number of para-hydroxylation sites is 1. The van der Waals surface area contributed by atoms with Crippen LogP contribution in [-0.2, 0) is 13.1 Å². The van der Waals surface area contributed by atoms with Crippen LogP contribution in [0.2, 0.25) is 0 Å². The lowest BCUT2D eigenvalue weighted by Gasteiger charge is -2.11. The Morgan fingerprint density at radius 3 is 2.76 bits per heavy atom. The summed E-state index contributed by atoms with van der Waals surface area (Å²) in [6, 6.07) is 11.9. The molecule has 0 atom stereocenters. The third kappa shape index (κ3) is 2.44. The van der Waals surface area contributed by atoms with Crippen molar-refractivity contribution in [2.45, 2.75) is 13.1 Å². The highest BCUT2D eigenvalue weighted by Gasteiger charge is 2.24. The molecule has 0 bridgehead atoms. The van der Waals surface area contributed by atoms with E-state index >= 15 is 0 Å². The van der Waals surface area contributed by atoms with Crippen LogP contribution in [0.15, 0.2) is 52.8 Å². The molecular weight excluding hydrogens is 321 g/mol. The van der Waals surface area contributed by atoms with Crippen LogP contribution in [0, 0.1) is 5.82 Å². The van der Waals surface area contributed by atoms with Crippen molar-refractivity contribution in [3.8, 4) is 11.3 Å². The van der Waals surface area contributed by atoms with Crippen molar-refractivity contribution in [1.82, 2.24) is 9.88 Å². The summed E-state index contributed by atoms with van der Waals surface area (Å²) in [5, 5.41) is 11.2. The van der Waals surface area contributed by atoms with Crippen molar-refractivity contribution < 1.29 is 9.18 Å². The first-order chi connectivity index (χ1) is 12.2. The summed E-state index contributed by atoms with van der Waals surface area (Å²) in [5.74, 6) is 4.80. The summed E-state index contributed by atoms with van der Waals surface area (Å²) < 4.78 is 15.5. The van der Waals surface area contributed by atoms with Gasteiger partial charge in [0, 0.05) is 24.0 Å². The maximum Gasteiger partial charge on any atom is 0.253 e. The van der Waals surface area contributed by atoms with Gasteiger partial charge in [-0.2, -0.15) is 5.11 Å². The van der Waals surface area contributed by atoms with Crippen LogP contribution in [0.5, 0.6) is 0 Å². The molecule has 4 rings (SSSR count). The van der Waals surface area contributed by atoms with Crippen molar-refractivity contribution >= 4 is 16.8 Å². The Morgan fingerprint density at radius 1 is 1.20 bits per heavy atom. The van der Waals surface area contributed by atoms with Gasteiger partial charge in [0.25, 0.3) is 5.91 Å². The molecule has 25 heavy (non-hydrogen) atoms. The maximum atomic E-state index is 13.4. The number of benzene rings is 2. The van der Waals surface area contributed by atoms with Crippen LogP contribution in [0.1, 0.15) is 15.9 Å². The smallest absolute Gasteiger partial charge is 0.253 e. The molecule has 0 saturated heterocycles. The fourth-order valence-corrected chi connectivity index (χ4v) is 3.47. The van der Waals surface area contributed by atoms with Crippen LogP contribution in [0.4, 0.5) is 4.39 Å². The summed E-state index contributed by atoms with van der Waals surface area (Å²) in [5.41, 5.74) is 4.17. The van der Waals surface area contributed by atoms with E-state index in [1.807, 2.05) is 18.2 Å². The van der Waals surface area contributed by atoms with E-state index in [-0.39, 0.29) is 18.3 Å². The predicted octanol–water partition coefficient (Wildman–Crippen LogP) is 3.02. The van der Waals surface area contributed by atoms with Crippen LogP contribution >= 0.6 is 0 Å². The van der Waals surface area contributed by atoms with Gasteiger partial charge in [0.15, 0.2) is 0 Å². The number of carbonyl (C=O) groups excluding carboxylic acids is 1. The third-order valence-electron chi connectivity index (χ3n) is 4.48. The Bertz CT molecular complexity index is 991. The second kappa shape index (κ2) is 6.01. The van der Waals surface area contributed by atoms with Crippen LogP contribution < -0.4 is 11.2 Å². The molecule has 0 spiro atoms. The molecule has 3 aromatic rings. The van der Waals surface area contributed by atoms with Gasteiger partial charge in [-0.3, -0.25) is 4.79 Å². The minimum absolute atomic E-state index is 0.0977. The molecule has 0 fully saturated rings. The van der Waals surface area contributed by atoms with Gasteiger partial charge < -0.3 is 15.7 Å². The first kappa shape index (κ1) is 15.3. The number of hydrogen-bond acceptors (Lipinski definition) is 3. The Kier molecular flexibility index (Phi) is 3.68. The maximum absolute atomic E-state index is 13.4. The molecular formula is C18H16FN5O. The van der Waals surface area contributed by atoms with Crippen LogP contribution in [0.3, 0.4) is 0 Å². The van der Waals surface area contributed by atoms with E-state index in [2.05, 4.69) is 20.2 Å².